The van der Waals surface area contributed by atoms with Gasteiger partial charge in [-0.25, -0.2) is 4.98 Å². The van der Waals surface area contributed by atoms with Crippen LogP contribution in [0.1, 0.15) is 21.5 Å². The van der Waals surface area contributed by atoms with E-state index < -0.39 is 0 Å². The van der Waals surface area contributed by atoms with Gasteiger partial charge in [0.2, 0.25) is 5.91 Å². The molecule has 1 aliphatic rings. The van der Waals surface area contributed by atoms with Gasteiger partial charge in [0, 0.05) is 19.3 Å². The molecule has 0 atom stereocenters. The second kappa shape index (κ2) is 9.68. The van der Waals surface area contributed by atoms with Gasteiger partial charge in [0.25, 0.3) is 5.91 Å². The van der Waals surface area contributed by atoms with E-state index in [1.165, 1.54) is 0 Å². The Balaban J connectivity index is 1.50. The van der Waals surface area contributed by atoms with E-state index in [4.69, 9.17) is 0 Å². The third-order valence-electron chi connectivity index (χ3n) is 5.74. The number of para-hydroxylation sites is 1. The number of rotatable bonds is 6. The molecule has 3 aromatic carbocycles. The maximum atomic E-state index is 13.9. The van der Waals surface area contributed by atoms with Crippen LogP contribution in [-0.2, 0) is 17.9 Å². The predicted octanol–water partition coefficient (Wildman–Crippen LogP) is 5.01. The van der Waals surface area contributed by atoms with Crippen molar-refractivity contribution in [1.82, 2.24) is 9.88 Å². The van der Waals surface area contributed by atoms with Crippen molar-refractivity contribution in [2.75, 3.05) is 16.8 Å². The molecule has 0 saturated heterocycles. The summed E-state index contributed by atoms with van der Waals surface area (Å²) in [5.74, 6) is 0.00603. The van der Waals surface area contributed by atoms with Crippen LogP contribution in [0.15, 0.2) is 103 Å². The van der Waals surface area contributed by atoms with Crippen LogP contribution >= 0.6 is 0 Å². The summed E-state index contributed by atoms with van der Waals surface area (Å²) >= 11 is 0. The first-order valence-corrected chi connectivity index (χ1v) is 11.2. The first-order chi connectivity index (χ1) is 16.7. The van der Waals surface area contributed by atoms with E-state index in [0.717, 1.165) is 11.1 Å². The lowest BCUT2D eigenvalue weighted by Gasteiger charge is -2.27. The highest BCUT2D eigenvalue weighted by atomic mass is 16.2. The van der Waals surface area contributed by atoms with Gasteiger partial charge in [-0.2, -0.15) is 0 Å². The summed E-state index contributed by atoms with van der Waals surface area (Å²) in [6.45, 7) is 1.38. The number of benzene rings is 3. The number of amides is 2. The molecular weight excluding hydrogens is 424 g/mol. The quantitative estimate of drug-likeness (QED) is 0.450. The van der Waals surface area contributed by atoms with Crippen LogP contribution in [0.3, 0.4) is 0 Å². The number of nitrogens with one attached hydrogen (secondary N) is 1. The smallest absolute Gasteiger partial charge is 0.257 e. The Morgan fingerprint density at radius 2 is 1.41 bits per heavy atom. The highest BCUT2D eigenvalue weighted by molar-refractivity contribution is 6.17. The molecule has 0 radical (unpaired) electrons. The molecule has 0 unspecified atom stereocenters. The highest BCUT2D eigenvalue weighted by Crippen LogP contribution is 2.36. The molecule has 34 heavy (non-hydrogen) atoms. The Morgan fingerprint density at radius 3 is 2.09 bits per heavy atom. The minimum absolute atomic E-state index is 0.155. The number of carbonyl (C=O) groups is 2. The minimum Gasteiger partial charge on any atom is -0.319 e. The molecule has 6 heteroatoms. The van der Waals surface area contributed by atoms with Crippen molar-refractivity contribution in [1.29, 1.82) is 0 Å². The molecule has 2 amide bonds. The maximum Gasteiger partial charge on any atom is 0.257 e. The molecule has 1 aromatic heterocycles. The zero-order chi connectivity index (χ0) is 23.3. The van der Waals surface area contributed by atoms with Crippen LogP contribution in [0, 0.1) is 0 Å². The first-order valence-electron chi connectivity index (χ1n) is 11.2. The fourth-order valence-electron chi connectivity index (χ4n) is 4.20. The van der Waals surface area contributed by atoms with Gasteiger partial charge >= 0.3 is 0 Å². The van der Waals surface area contributed by atoms with Crippen molar-refractivity contribution in [3.05, 3.63) is 120 Å². The van der Waals surface area contributed by atoms with Crippen molar-refractivity contribution >= 4 is 29.0 Å². The van der Waals surface area contributed by atoms with Gasteiger partial charge in [-0.05, 0) is 35.4 Å². The number of hydrogen-bond donors (Lipinski definition) is 1. The van der Waals surface area contributed by atoms with Gasteiger partial charge in [0.15, 0.2) is 5.82 Å². The Hall–Kier alpha value is -4.29. The molecule has 0 spiro atoms. The zero-order valence-corrected chi connectivity index (χ0v) is 18.6. The monoisotopic (exact) mass is 448 g/mol. The molecule has 4 aromatic rings. The van der Waals surface area contributed by atoms with Gasteiger partial charge in [-0.3, -0.25) is 19.4 Å². The molecule has 1 aliphatic heterocycles. The molecule has 5 rings (SSSR count). The Bertz CT molecular complexity index is 1270. The minimum atomic E-state index is -0.259. The van der Waals surface area contributed by atoms with Gasteiger partial charge in [0.1, 0.15) is 0 Å². The van der Waals surface area contributed by atoms with E-state index in [-0.39, 0.29) is 18.4 Å². The van der Waals surface area contributed by atoms with Crippen molar-refractivity contribution in [3.63, 3.8) is 0 Å². The standard InChI is InChI=1S/C28H24N4O2/c33-26(20-31(18-21-10-3-1-4-11-21)19-22-12-5-2-6-13-22)32-25-16-8-7-14-23(25)28(34)30-24-15-9-17-29-27(24)32/h1-17H,18-20H2,(H,30,34). The van der Waals surface area contributed by atoms with Gasteiger partial charge in [-0.1, -0.05) is 72.8 Å². The van der Waals surface area contributed by atoms with Crippen LogP contribution < -0.4 is 10.2 Å². The third-order valence-corrected chi connectivity index (χ3v) is 5.74. The fraction of sp³-hybridized carbons (Fsp3) is 0.107. The number of aromatic nitrogens is 1. The molecule has 2 heterocycles. The number of anilines is 3. The van der Waals surface area contributed by atoms with Crippen LogP contribution in [-0.4, -0.2) is 28.2 Å². The van der Waals surface area contributed by atoms with E-state index >= 15 is 0 Å². The summed E-state index contributed by atoms with van der Waals surface area (Å²) in [5.41, 5.74) is 3.72. The highest BCUT2D eigenvalue weighted by Gasteiger charge is 2.31. The lowest BCUT2D eigenvalue weighted by molar-refractivity contribution is -0.119. The van der Waals surface area contributed by atoms with Crippen molar-refractivity contribution < 1.29 is 9.59 Å². The molecule has 0 bridgehead atoms. The van der Waals surface area contributed by atoms with Crippen LogP contribution in [0.2, 0.25) is 0 Å². The van der Waals surface area contributed by atoms with Gasteiger partial charge in [0.05, 0.1) is 23.5 Å². The number of nitrogens with zero attached hydrogens (tertiary/aromatic N) is 3. The largest absolute Gasteiger partial charge is 0.319 e. The summed E-state index contributed by atoms with van der Waals surface area (Å²) in [6.07, 6.45) is 1.63. The van der Waals surface area contributed by atoms with E-state index in [0.29, 0.717) is 35.8 Å². The maximum absolute atomic E-state index is 13.9. The van der Waals surface area contributed by atoms with E-state index in [1.54, 1.807) is 41.4 Å². The molecule has 168 valence electrons. The van der Waals surface area contributed by atoms with Crippen LogP contribution in [0.25, 0.3) is 0 Å². The van der Waals surface area contributed by atoms with Crippen molar-refractivity contribution in [2.45, 2.75) is 13.1 Å². The third kappa shape index (κ3) is 4.58. The summed E-state index contributed by atoms with van der Waals surface area (Å²) in [5, 5.41) is 2.89. The lowest BCUT2D eigenvalue weighted by Crippen LogP contribution is -2.38. The number of pyridine rings is 1. The molecule has 6 nitrogen and oxygen atoms in total. The second-order valence-electron chi connectivity index (χ2n) is 8.19. The van der Waals surface area contributed by atoms with Crippen LogP contribution in [0.5, 0.6) is 0 Å². The topological polar surface area (TPSA) is 65.5 Å². The average Bonchev–Trinajstić information content (AvgIpc) is 2.99. The Labute approximate surface area is 198 Å². The number of carbonyl (C=O) groups excluding carboxylic acids is 2. The molecule has 0 fully saturated rings. The second-order valence-corrected chi connectivity index (χ2v) is 8.19. The zero-order valence-electron chi connectivity index (χ0n) is 18.6. The number of fused-ring (bicyclic) bond motifs is 2. The molecule has 1 N–H and O–H groups in total. The SMILES string of the molecule is O=C1Nc2cccnc2N(C(=O)CN(Cc2ccccc2)Cc2ccccc2)c2ccccc21. The normalized spacial score (nSPS) is 12.5. The Kier molecular flexibility index (Phi) is 6.14. The summed E-state index contributed by atoms with van der Waals surface area (Å²) in [4.78, 5) is 34.9. The lowest BCUT2D eigenvalue weighted by atomic mass is 10.1. The van der Waals surface area contributed by atoms with E-state index in [2.05, 4.69) is 39.5 Å². The van der Waals surface area contributed by atoms with Gasteiger partial charge in [-0.15, -0.1) is 0 Å². The van der Waals surface area contributed by atoms with E-state index in [9.17, 15) is 9.59 Å². The predicted molar refractivity (Wildman–Crippen MR) is 133 cm³/mol. The van der Waals surface area contributed by atoms with Crippen molar-refractivity contribution in [2.24, 2.45) is 0 Å². The summed E-state index contributed by atoms with van der Waals surface area (Å²) < 4.78 is 0. The summed E-state index contributed by atoms with van der Waals surface area (Å²) in [6, 6.07) is 30.8. The van der Waals surface area contributed by atoms with Crippen molar-refractivity contribution in [3.8, 4) is 0 Å². The molecule has 0 aliphatic carbocycles. The Morgan fingerprint density at radius 1 is 0.794 bits per heavy atom. The molecular formula is C28H24N4O2. The summed E-state index contributed by atoms with van der Waals surface area (Å²) in [7, 11) is 0. The fourth-order valence-corrected chi connectivity index (χ4v) is 4.20. The van der Waals surface area contributed by atoms with E-state index in [1.807, 2.05) is 42.5 Å². The van der Waals surface area contributed by atoms with Crippen LogP contribution in [0.4, 0.5) is 17.2 Å². The number of hydrogen-bond acceptors (Lipinski definition) is 4. The molecule has 0 saturated carbocycles. The average molecular weight is 449 g/mol. The van der Waals surface area contributed by atoms with Gasteiger partial charge < -0.3 is 5.32 Å². The first kappa shape index (κ1) is 21.6.